The summed E-state index contributed by atoms with van der Waals surface area (Å²) in [5.41, 5.74) is -1.42. The second-order valence-corrected chi connectivity index (χ2v) is 8.26. The standard InChI is InChI=1S/C20H14F3NO4S/c1-11-9-16(20(25)26)24-10-13(11)19(17-14(21)7-8-15(22)18(17)23)29(27,28)12-5-3-2-4-6-12/h2-10,19H,1H3,(H,25,26). The summed E-state index contributed by atoms with van der Waals surface area (Å²) in [4.78, 5) is 14.6. The van der Waals surface area contributed by atoms with E-state index in [1.54, 1.807) is 6.07 Å². The molecule has 0 saturated carbocycles. The molecule has 0 fully saturated rings. The first kappa shape index (κ1) is 20.5. The minimum absolute atomic E-state index is 0.116. The lowest BCUT2D eigenvalue weighted by atomic mass is 10.00. The number of carboxylic acid groups (broad SMARTS) is 1. The average molecular weight is 421 g/mol. The quantitative estimate of drug-likeness (QED) is 0.628. The topological polar surface area (TPSA) is 84.3 Å². The van der Waals surface area contributed by atoms with Crippen molar-refractivity contribution in [2.45, 2.75) is 17.1 Å². The number of carbonyl (C=O) groups is 1. The van der Waals surface area contributed by atoms with E-state index in [9.17, 15) is 26.4 Å². The van der Waals surface area contributed by atoms with Gasteiger partial charge in [0, 0.05) is 11.8 Å². The number of halogens is 3. The van der Waals surface area contributed by atoms with E-state index in [4.69, 9.17) is 5.11 Å². The molecule has 5 nitrogen and oxygen atoms in total. The maximum Gasteiger partial charge on any atom is 0.354 e. The van der Waals surface area contributed by atoms with Gasteiger partial charge in [0.05, 0.1) is 4.90 Å². The molecule has 3 rings (SSSR count). The number of hydrogen-bond donors (Lipinski definition) is 1. The van der Waals surface area contributed by atoms with Gasteiger partial charge in [-0.1, -0.05) is 18.2 Å². The average Bonchev–Trinajstić information content (AvgIpc) is 2.69. The number of hydrogen-bond acceptors (Lipinski definition) is 4. The van der Waals surface area contributed by atoms with Gasteiger partial charge >= 0.3 is 5.97 Å². The third-order valence-corrected chi connectivity index (χ3v) is 6.42. The molecule has 1 heterocycles. The molecule has 1 aromatic heterocycles. The summed E-state index contributed by atoms with van der Waals surface area (Å²) < 4.78 is 69.7. The highest BCUT2D eigenvalue weighted by Crippen LogP contribution is 2.39. The number of nitrogens with zero attached hydrogens (tertiary/aromatic N) is 1. The lowest BCUT2D eigenvalue weighted by molar-refractivity contribution is 0.0690. The van der Waals surface area contributed by atoms with Crippen LogP contribution in [0.3, 0.4) is 0 Å². The number of aryl methyl sites for hydroxylation is 1. The summed E-state index contributed by atoms with van der Waals surface area (Å²) in [7, 11) is -4.46. The van der Waals surface area contributed by atoms with Gasteiger partial charge < -0.3 is 5.11 Å². The second-order valence-electron chi connectivity index (χ2n) is 6.23. The Morgan fingerprint density at radius 3 is 2.24 bits per heavy atom. The van der Waals surface area contributed by atoms with Crippen molar-refractivity contribution in [3.63, 3.8) is 0 Å². The summed E-state index contributed by atoms with van der Waals surface area (Å²) in [6.45, 7) is 1.38. The van der Waals surface area contributed by atoms with Gasteiger partial charge in [-0.15, -0.1) is 0 Å². The van der Waals surface area contributed by atoms with Gasteiger partial charge in [0.25, 0.3) is 0 Å². The molecule has 3 aromatic rings. The molecular formula is C20H14F3NO4S. The zero-order valence-corrected chi connectivity index (χ0v) is 15.8. The van der Waals surface area contributed by atoms with Crippen LogP contribution in [-0.2, 0) is 9.84 Å². The Labute approximate surface area is 164 Å². The number of rotatable bonds is 5. The smallest absolute Gasteiger partial charge is 0.354 e. The molecular weight excluding hydrogens is 407 g/mol. The van der Waals surface area contributed by atoms with Crippen LogP contribution in [0.2, 0.25) is 0 Å². The normalized spacial score (nSPS) is 12.6. The van der Waals surface area contributed by atoms with Crippen molar-refractivity contribution in [2.24, 2.45) is 0 Å². The fourth-order valence-electron chi connectivity index (χ4n) is 2.97. The van der Waals surface area contributed by atoms with Gasteiger partial charge in [-0.3, -0.25) is 0 Å². The maximum atomic E-state index is 14.6. The molecule has 0 saturated heterocycles. The van der Waals surface area contributed by atoms with E-state index >= 15 is 0 Å². The van der Waals surface area contributed by atoms with Crippen LogP contribution in [0.5, 0.6) is 0 Å². The summed E-state index contributed by atoms with van der Waals surface area (Å²) in [6, 6.07) is 9.18. The lowest BCUT2D eigenvalue weighted by Gasteiger charge is -2.22. The molecule has 1 N–H and O–H groups in total. The summed E-state index contributed by atoms with van der Waals surface area (Å²) in [5.74, 6) is -5.67. The molecule has 2 aromatic carbocycles. The van der Waals surface area contributed by atoms with Crippen LogP contribution in [0.15, 0.2) is 59.6 Å². The Morgan fingerprint density at radius 2 is 1.66 bits per heavy atom. The highest BCUT2D eigenvalue weighted by Gasteiger charge is 2.37. The summed E-state index contributed by atoms with van der Waals surface area (Å²) in [6.07, 6.45) is 0.924. The van der Waals surface area contributed by atoms with E-state index in [0.717, 1.165) is 12.3 Å². The summed E-state index contributed by atoms with van der Waals surface area (Å²) in [5, 5.41) is 7.09. The number of sulfone groups is 1. The van der Waals surface area contributed by atoms with E-state index in [1.165, 1.54) is 31.2 Å². The molecule has 150 valence electrons. The van der Waals surface area contributed by atoms with Crippen LogP contribution >= 0.6 is 0 Å². The Kier molecular flexibility index (Phi) is 5.43. The predicted octanol–water partition coefficient (Wildman–Crippen LogP) is 4.07. The van der Waals surface area contributed by atoms with Gasteiger partial charge in [-0.2, -0.15) is 0 Å². The predicted molar refractivity (Wildman–Crippen MR) is 97.7 cm³/mol. The van der Waals surface area contributed by atoms with Gasteiger partial charge in [0.2, 0.25) is 0 Å². The molecule has 0 spiro atoms. The van der Waals surface area contributed by atoms with Crippen LogP contribution in [0.4, 0.5) is 13.2 Å². The third-order valence-electron chi connectivity index (χ3n) is 4.38. The monoisotopic (exact) mass is 421 g/mol. The fourth-order valence-corrected chi connectivity index (χ4v) is 4.88. The Bertz CT molecular complexity index is 1200. The molecule has 1 unspecified atom stereocenters. The number of pyridine rings is 1. The van der Waals surface area contributed by atoms with Gasteiger partial charge in [0.1, 0.15) is 16.8 Å². The maximum absolute atomic E-state index is 14.6. The molecule has 1 atom stereocenters. The molecule has 29 heavy (non-hydrogen) atoms. The van der Waals surface area contributed by atoms with Gasteiger partial charge in [-0.25, -0.2) is 31.4 Å². The number of aromatic nitrogens is 1. The van der Waals surface area contributed by atoms with Gasteiger partial charge in [-0.05, 0) is 48.4 Å². The van der Waals surface area contributed by atoms with Crippen molar-refractivity contribution in [1.82, 2.24) is 4.98 Å². The second kappa shape index (κ2) is 7.67. The van der Waals surface area contributed by atoms with Crippen LogP contribution in [-0.4, -0.2) is 24.5 Å². The number of aromatic carboxylic acids is 1. The van der Waals surface area contributed by atoms with Crippen molar-refractivity contribution in [3.8, 4) is 0 Å². The van der Waals surface area contributed by atoms with E-state index in [1.807, 2.05) is 0 Å². The first-order chi connectivity index (χ1) is 13.6. The van der Waals surface area contributed by atoms with Crippen molar-refractivity contribution in [3.05, 3.63) is 94.6 Å². The first-order valence-corrected chi connectivity index (χ1v) is 9.81. The minimum Gasteiger partial charge on any atom is -0.477 e. The molecule has 0 aliphatic carbocycles. The SMILES string of the molecule is Cc1cc(C(=O)O)ncc1C(c1c(F)ccc(F)c1F)S(=O)(=O)c1ccccc1. The van der Waals surface area contributed by atoms with E-state index in [2.05, 4.69) is 4.98 Å². The largest absolute Gasteiger partial charge is 0.477 e. The first-order valence-electron chi connectivity index (χ1n) is 8.26. The van der Waals surface area contributed by atoms with Crippen LogP contribution < -0.4 is 0 Å². The Morgan fingerprint density at radius 1 is 1.03 bits per heavy atom. The van der Waals surface area contributed by atoms with Crippen LogP contribution in [0.1, 0.15) is 32.4 Å². The summed E-state index contributed by atoms with van der Waals surface area (Å²) >= 11 is 0. The number of benzene rings is 2. The number of carboxylic acids is 1. The van der Waals surface area contributed by atoms with Gasteiger partial charge in [0.15, 0.2) is 21.5 Å². The van der Waals surface area contributed by atoms with Crippen molar-refractivity contribution >= 4 is 15.8 Å². The van der Waals surface area contributed by atoms with E-state index in [-0.39, 0.29) is 21.7 Å². The van der Waals surface area contributed by atoms with Crippen LogP contribution in [0.25, 0.3) is 0 Å². The van der Waals surface area contributed by atoms with Crippen molar-refractivity contribution in [2.75, 3.05) is 0 Å². The molecule has 0 radical (unpaired) electrons. The van der Waals surface area contributed by atoms with Crippen molar-refractivity contribution in [1.29, 1.82) is 0 Å². The lowest BCUT2D eigenvalue weighted by Crippen LogP contribution is -2.20. The van der Waals surface area contributed by atoms with E-state index < -0.39 is 44.1 Å². The zero-order valence-electron chi connectivity index (χ0n) is 14.9. The molecule has 0 bridgehead atoms. The van der Waals surface area contributed by atoms with Crippen molar-refractivity contribution < 1.29 is 31.5 Å². The highest BCUT2D eigenvalue weighted by atomic mass is 32.2. The van der Waals surface area contributed by atoms with E-state index in [0.29, 0.717) is 12.1 Å². The molecule has 9 heteroatoms. The Hall–Kier alpha value is -3.20. The van der Waals surface area contributed by atoms with Crippen LogP contribution in [0, 0.1) is 24.4 Å². The fraction of sp³-hybridized carbons (Fsp3) is 0.100. The molecule has 0 amide bonds. The minimum atomic E-state index is -4.46. The zero-order chi connectivity index (χ0) is 21.3. The molecule has 0 aliphatic rings. The third kappa shape index (κ3) is 3.73. The Balaban J connectivity index is 2.36. The molecule has 0 aliphatic heterocycles. The highest BCUT2D eigenvalue weighted by molar-refractivity contribution is 7.92.